The minimum atomic E-state index is -0.860. The van der Waals surface area contributed by atoms with E-state index in [0.717, 1.165) is 5.56 Å². The standard InChI is InChI=1S/C16H19N3O4/c1-3-23-15(21)11-18-16(22)13(19-14(20)10-17-2)9-12-7-5-4-6-8-12/h4-8,13H,3,9-11H2,1H3,(H,18,22)(H,19,20)/t13-/m0/s1. The topological polar surface area (TPSA) is 88.9 Å². The van der Waals surface area contributed by atoms with Crippen LogP contribution in [0.15, 0.2) is 30.3 Å². The molecule has 1 aromatic carbocycles. The molecular weight excluding hydrogens is 298 g/mol. The Morgan fingerprint density at radius 3 is 2.57 bits per heavy atom. The number of hydrogen-bond acceptors (Lipinski definition) is 4. The Morgan fingerprint density at radius 2 is 1.96 bits per heavy atom. The summed E-state index contributed by atoms with van der Waals surface area (Å²) < 4.78 is 4.73. The third-order valence-corrected chi connectivity index (χ3v) is 2.87. The van der Waals surface area contributed by atoms with E-state index in [9.17, 15) is 14.4 Å². The van der Waals surface area contributed by atoms with Crippen molar-refractivity contribution in [3.8, 4) is 0 Å². The predicted octanol–water partition coefficient (Wildman–Crippen LogP) is 0.312. The molecule has 7 nitrogen and oxygen atoms in total. The zero-order valence-corrected chi connectivity index (χ0v) is 12.9. The second-order valence-corrected chi connectivity index (χ2v) is 4.65. The summed E-state index contributed by atoms with van der Waals surface area (Å²) in [6, 6.07) is 8.28. The first-order chi connectivity index (χ1) is 11.1. The number of nitrogens with zero attached hydrogens (tertiary/aromatic N) is 1. The molecule has 0 aromatic heterocycles. The van der Waals surface area contributed by atoms with Gasteiger partial charge in [0.2, 0.25) is 5.91 Å². The summed E-state index contributed by atoms with van der Waals surface area (Å²) in [4.78, 5) is 38.1. The Labute approximate surface area is 134 Å². The maximum absolute atomic E-state index is 12.2. The molecule has 0 saturated heterocycles. The highest BCUT2D eigenvalue weighted by Crippen LogP contribution is 2.03. The van der Waals surface area contributed by atoms with Gasteiger partial charge in [0.15, 0.2) is 0 Å². The van der Waals surface area contributed by atoms with Crippen molar-refractivity contribution < 1.29 is 19.1 Å². The Hall–Kier alpha value is -2.88. The van der Waals surface area contributed by atoms with E-state index < -0.39 is 23.8 Å². The highest BCUT2D eigenvalue weighted by atomic mass is 16.5. The molecule has 0 saturated carbocycles. The van der Waals surface area contributed by atoms with Crippen LogP contribution in [0, 0.1) is 6.57 Å². The average molecular weight is 317 g/mol. The van der Waals surface area contributed by atoms with E-state index in [2.05, 4.69) is 15.5 Å². The number of nitrogens with one attached hydrogen (secondary N) is 2. The molecule has 0 aliphatic rings. The molecule has 0 aliphatic carbocycles. The fourth-order valence-corrected chi connectivity index (χ4v) is 1.87. The van der Waals surface area contributed by atoms with Gasteiger partial charge in [-0.05, 0) is 12.5 Å². The van der Waals surface area contributed by atoms with Gasteiger partial charge in [0.05, 0.1) is 6.61 Å². The Kier molecular flexibility index (Phi) is 7.86. The molecule has 0 unspecified atom stereocenters. The van der Waals surface area contributed by atoms with Crippen LogP contribution in [0.3, 0.4) is 0 Å². The van der Waals surface area contributed by atoms with Gasteiger partial charge in [0, 0.05) is 6.42 Å². The minimum absolute atomic E-state index is 0.226. The van der Waals surface area contributed by atoms with E-state index >= 15 is 0 Å². The molecule has 7 heteroatoms. The number of rotatable bonds is 8. The first-order valence-corrected chi connectivity index (χ1v) is 7.16. The lowest BCUT2D eigenvalue weighted by molar-refractivity contribution is -0.143. The summed E-state index contributed by atoms with van der Waals surface area (Å²) in [5.74, 6) is -1.58. The van der Waals surface area contributed by atoms with Crippen LogP contribution in [-0.2, 0) is 25.5 Å². The molecule has 2 N–H and O–H groups in total. The third-order valence-electron chi connectivity index (χ3n) is 2.87. The van der Waals surface area contributed by atoms with E-state index in [-0.39, 0.29) is 26.1 Å². The van der Waals surface area contributed by atoms with Crippen molar-refractivity contribution >= 4 is 17.8 Å². The van der Waals surface area contributed by atoms with Crippen LogP contribution in [-0.4, -0.2) is 43.5 Å². The van der Waals surface area contributed by atoms with Crippen LogP contribution in [0.4, 0.5) is 0 Å². The van der Waals surface area contributed by atoms with Crippen LogP contribution in [0.5, 0.6) is 0 Å². The van der Waals surface area contributed by atoms with Crippen molar-refractivity contribution in [3.05, 3.63) is 47.3 Å². The highest BCUT2D eigenvalue weighted by molar-refractivity contribution is 5.90. The molecule has 1 aromatic rings. The van der Waals surface area contributed by atoms with Gasteiger partial charge in [-0.15, -0.1) is 0 Å². The molecule has 2 amide bonds. The fourth-order valence-electron chi connectivity index (χ4n) is 1.87. The molecule has 0 radical (unpaired) electrons. The number of amides is 2. The van der Waals surface area contributed by atoms with Gasteiger partial charge in [0.25, 0.3) is 6.54 Å². The van der Waals surface area contributed by atoms with Gasteiger partial charge in [-0.2, -0.15) is 0 Å². The van der Waals surface area contributed by atoms with Crippen molar-refractivity contribution in [2.75, 3.05) is 19.7 Å². The number of benzene rings is 1. The van der Waals surface area contributed by atoms with Gasteiger partial charge in [-0.3, -0.25) is 14.4 Å². The normalized spacial score (nSPS) is 11.0. The van der Waals surface area contributed by atoms with E-state index in [4.69, 9.17) is 11.3 Å². The quantitative estimate of drug-likeness (QED) is 0.533. The van der Waals surface area contributed by atoms with Crippen LogP contribution < -0.4 is 10.6 Å². The molecule has 0 spiro atoms. The first-order valence-electron chi connectivity index (χ1n) is 7.16. The van der Waals surface area contributed by atoms with Gasteiger partial charge < -0.3 is 20.2 Å². The Balaban J connectivity index is 2.69. The summed E-state index contributed by atoms with van der Waals surface area (Å²) in [5, 5.41) is 4.93. The number of esters is 1. The summed E-state index contributed by atoms with van der Waals surface area (Å²) in [5.41, 5.74) is 0.854. The maximum Gasteiger partial charge on any atom is 0.325 e. The zero-order chi connectivity index (χ0) is 17.1. The summed E-state index contributed by atoms with van der Waals surface area (Å²) >= 11 is 0. The predicted molar refractivity (Wildman–Crippen MR) is 83.2 cm³/mol. The molecule has 0 bridgehead atoms. The number of carbonyl (C=O) groups is 3. The number of hydrogen-bond donors (Lipinski definition) is 2. The Morgan fingerprint density at radius 1 is 1.26 bits per heavy atom. The zero-order valence-electron chi connectivity index (χ0n) is 12.9. The summed E-state index contributed by atoms with van der Waals surface area (Å²) in [6.45, 7) is 7.97. The van der Waals surface area contributed by atoms with Gasteiger partial charge in [-0.1, -0.05) is 30.3 Å². The summed E-state index contributed by atoms with van der Waals surface area (Å²) in [7, 11) is 0. The van der Waals surface area contributed by atoms with Gasteiger partial charge >= 0.3 is 11.9 Å². The Bertz CT molecular complexity index is 581. The van der Waals surface area contributed by atoms with Crippen molar-refractivity contribution in [2.45, 2.75) is 19.4 Å². The second-order valence-electron chi connectivity index (χ2n) is 4.65. The van der Waals surface area contributed by atoms with Gasteiger partial charge in [0.1, 0.15) is 12.6 Å². The fraction of sp³-hybridized carbons (Fsp3) is 0.375. The molecule has 0 heterocycles. The van der Waals surface area contributed by atoms with Crippen LogP contribution in [0.2, 0.25) is 0 Å². The van der Waals surface area contributed by atoms with Crippen LogP contribution in [0.25, 0.3) is 4.85 Å². The molecular formula is C16H19N3O4. The van der Waals surface area contributed by atoms with Crippen LogP contribution >= 0.6 is 0 Å². The largest absolute Gasteiger partial charge is 0.465 e. The molecule has 23 heavy (non-hydrogen) atoms. The summed E-state index contributed by atoms with van der Waals surface area (Å²) in [6.07, 6.45) is 0.263. The lowest BCUT2D eigenvalue weighted by Gasteiger charge is -2.17. The van der Waals surface area contributed by atoms with Crippen molar-refractivity contribution in [1.29, 1.82) is 0 Å². The average Bonchev–Trinajstić information content (AvgIpc) is 2.53. The lowest BCUT2D eigenvalue weighted by atomic mass is 10.1. The monoisotopic (exact) mass is 317 g/mol. The molecule has 0 aliphatic heterocycles. The molecule has 0 fully saturated rings. The first kappa shape index (κ1) is 18.2. The van der Waals surface area contributed by atoms with E-state index in [1.54, 1.807) is 6.92 Å². The van der Waals surface area contributed by atoms with E-state index in [1.165, 1.54) is 0 Å². The van der Waals surface area contributed by atoms with Crippen molar-refractivity contribution in [2.24, 2.45) is 0 Å². The van der Waals surface area contributed by atoms with Crippen molar-refractivity contribution in [3.63, 3.8) is 0 Å². The molecule has 1 atom stereocenters. The number of carbonyl (C=O) groups excluding carboxylic acids is 3. The number of ether oxygens (including phenoxy) is 1. The maximum atomic E-state index is 12.2. The smallest absolute Gasteiger partial charge is 0.325 e. The third kappa shape index (κ3) is 7.09. The van der Waals surface area contributed by atoms with E-state index in [1.807, 2.05) is 30.3 Å². The highest BCUT2D eigenvalue weighted by Gasteiger charge is 2.22. The van der Waals surface area contributed by atoms with Crippen LogP contribution in [0.1, 0.15) is 12.5 Å². The second kappa shape index (κ2) is 9.95. The SMILES string of the molecule is [C-]#[N+]CC(=O)N[C@@H](Cc1ccccc1)C(=O)NCC(=O)OCC. The van der Waals surface area contributed by atoms with Crippen molar-refractivity contribution in [1.82, 2.24) is 10.6 Å². The lowest BCUT2D eigenvalue weighted by Crippen LogP contribution is -2.49. The van der Waals surface area contributed by atoms with E-state index in [0.29, 0.717) is 0 Å². The minimum Gasteiger partial charge on any atom is -0.465 e. The van der Waals surface area contributed by atoms with Gasteiger partial charge in [-0.25, -0.2) is 6.57 Å². The molecule has 122 valence electrons. The molecule has 1 rings (SSSR count).